The van der Waals surface area contributed by atoms with Crippen molar-refractivity contribution in [2.24, 2.45) is 0 Å². The van der Waals surface area contributed by atoms with Crippen molar-refractivity contribution in [3.05, 3.63) is 94.3 Å². The summed E-state index contributed by atoms with van der Waals surface area (Å²) in [6, 6.07) is 24.9. The van der Waals surface area contributed by atoms with E-state index >= 15 is 0 Å². The average molecular weight is 358 g/mol. The van der Waals surface area contributed by atoms with Crippen LogP contribution in [-0.2, 0) is 13.0 Å². The third kappa shape index (κ3) is 3.93. The summed E-state index contributed by atoms with van der Waals surface area (Å²) in [5.41, 5.74) is 2.80. The van der Waals surface area contributed by atoms with Crippen LogP contribution in [0.5, 0.6) is 0 Å². The predicted octanol–water partition coefficient (Wildman–Crippen LogP) is 4.03. The van der Waals surface area contributed by atoms with Crippen molar-refractivity contribution >= 4 is 21.7 Å². The molecular weight excluding hydrogens is 334 g/mol. The highest BCUT2D eigenvalue weighted by Gasteiger charge is 2.13. The van der Waals surface area contributed by atoms with Gasteiger partial charge in [0.05, 0.1) is 6.04 Å². The van der Waals surface area contributed by atoms with Crippen molar-refractivity contribution in [3.63, 3.8) is 0 Å². The number of benzene rings is 3. The van der Waals surface area contributed by atoms with E-state index in [0.717, 1.165) is 41.1 Å². The smallest absolute Gasteiger partial charge is 0.336 e. The van der Waals surface area contributed by atoms with Gasteiger partial charge in [-0.3, -0.25) is 0 Å². The van der Waals surface area contributed by atoms with Crippen LogP contribution in [0.1, 0.15) is 24.5 Å². The van der Waals surface area contributed by atoms with Gasteiger partial charge in [0.15, 0.2) is 0 Å². The summed E-state index contributed by atoms with van der Waals surface area (Å²) in [4.78, 5) is 12.0. The van der Waals surface area contributed by atoms with Crippen LogP contribution in [0.15, 0.2) is 82.0 Å². The van der Waals surface area contributed by atoms with Crippen molar-refractivity contribution in [1.29, 1.82) is 0 Å². The first-order chi connectivity index (χ1) is 13.2. The highest BCUT2D eigenvalue weighted by molar-refractivity contribution is 6.06. The molecule has 3 heteroatoms. The van der Waals surface area contributed by atoms with Gasteiger partial charge in [-0.15, -0.1) is 0 Å². The lowest BCUT2D eigenvalue weighted by Gasteiger charge is -2.13. The van der Waals surface area contributed by atoms with Gasteiger partial charge in [-0.1, -0.05) is 60.7 Å². The molecule has 4 aromatic rings. The molecule has 0 fully saturated rings. The normalized spacial score (nSPS) is 12.5. The molecule has 0 radical (unpaired) electrons. The number of nitrogens with two attached hydrogens (primary N) is 1. The summed E-state index contributed by atoms with van der Waals surface area (Å²) >= 11 is 0. The highest BCUT2D eigenvalue weighted by Crippen LogP contribution is 2.26. The van der Waals surface area contributed by atoms with Gasteiger partial charge >= 0.3 is 5.63 Å². The molecule has 27 heavy (non-hydrogen) atoms. The number of hydrogen-bond acceptors (Lipinski definition) is 2. The van der Waals surface area contributed by atoms with Gasteiger partial charge in [0.1, 0.15) is 12.1 Å². The maximum atomic E-state index is 12.0. The van der Waals surface area contributed by atoms with Crippen LogP contribution in [0.3, 0.4) is 0 Å². The molecule has 136 valence electrons. The van der Waals surface area contributed by atoms with Crippen molar-refractivity contribution < 1.29 is 9.73 Å². The second kappa shape index (κ2) is 7.77. The van der Waals surface area contributed by atoms with Gasteiger partial charge in [0.25, 0.3) is 0 Å². The molecule has 1 atom stereocenters. The Morgan fingerprint density at radius 3 is 2.59 bits per heavy atom. The van der Waals surface area contributed by atoms with Crippen molar-refractivity contribution in [2.75, 3.05) is 0 Å². The number of aryl methyl sites for hydroxylation is 1. The minimum Gasteiger partial charge on any atom is -0.423 e. The molecule has 0 unspecified atom stereocenters. The molecule has 0 spiro atoms. The van der Waals surface area contributed by atoms with Gasteiger partial charge < -0.3 is 9.73 Å². The largest absolute Gasteiger partial charge is 0.423 e. The van der Waals surface area contributed by atoms with E-state index in [9.17, 15) is 4.79 Å². The topological polar surface area (TPSA) is 46.8 Å². The summed E-state index contributed by atoms with van der Waals surface area (Å²) < 4.78 is 5.45. The fourth-order valence-corrected chi connectivity index (χ4v) is 3.67. The summed E-state index contributed by atoms with van der Waals surface area (Å²) in [7, 11) is 0. The zero-order chi connectivity index (χ0) is 18.6. The monoisotopic (exact) mass is 358 g/mol. The molecule has 0 aliphatic rings. The predicted molar refractivity (Wildman–Crippen MR) is 110 cm³/mol. The van der Waals surface area contributed by atoms with E-state index < -0.39 is 0 Å². The van der Waals surface area contributed by atoms with E-state index in [1.807, 2.05) is 24.3 Å². The van der Waals surface area contributed by atoms with Crippen molar-refractivity contribution in [2.45, 2.75) is 32.4 Å². The van der Waals surface area contributed by atoms with Crippen molar-refractivity contribution in [3.8, 4) is 0 Å². The first-order valence-electron chi connectivity index (χ1n) is 9.52. The Morgan fingerprint density at radius 2 is 1.74 bits per heavy atom. The van der Waals surface area contributed by atoms with Gasteiger partial charge in [0, 0.05) is 23.4 Å². The zero-order valence-electron chi connectivity index (χ0n) is 15.5. The lowest BCUT2D eigenvalue weighted by molar-refractivity contribution is -0.701. The Balaban J connectivity index is 1.56. The summed E-state index contributed by atoms with van der Waals surface area (Å²) in [5, 5.41) is 5.68. The van der Waals surface area contributed by atoms with Crippen molar-refractivity contribution in [1.82, 2.24) is 0 Å². The Morgan fingerprint density at radius 1 is 0.963 bits per heavy atom. The lowest BCUT2D eigenvalue weighted by atomic mass is 10.0. The van der Waals surface area contributed by atoms with Crippen LogP contribution < -0.4 is 10.9 Å². The molecule has 1 heterocycles. The van der Waals surface area contributed by atoms with Crippen LogP contribution in [-0.4, -0.2) is 6.04 Å². The van der Waals surface area contributed by atoms with Gasteiger partial charge in [-0.25, -0.2) is 4.79 Å². The second-order valence-corrected chi connectivity index (χ2v) is 7.19. The third-order valence-corrected chi connectivity index (χ3v) is 5.19. The molecule has 2 N–H and O–H groups in total. The fraction of sp³-hybridized carbons (Fsp3) is 0.208. The van der Waals surface area contributed by atoms with Gasteiger partial charge in [-0.05, 0) is 35.7 Å². The Labute approximate surface area is 158 Å². The SMILES string of the molecule is C[C@@H](CCc1ccccc1)[NH2+]Cc1cc(=O)oc2ccc3ccccc3c12. The molecular formula is C24H24NO2+. The maximum absolute atomic E-state index is 12.0. The van der Waals surface area contributed by atoms with E-state index in [1.54, 1.807) is 6.07 Å². The summed E-state index contributed by atoms with van der Waals surface area (Å²) in [5.74, 6) is 0. The molecule has 3 nitrogen and oxygen atoms in total. The molecule has 0 amide bonds. The quantitative estimate of drug-likeness (QED) is 0.418. The average Bonchev–Trinajstić information content (AvgIpc) is 2.70. The van der Waals surface area contributed by atoms with Gasteiger partial charge in [0.2, 0.25) is 0 Å². The zero-order valence-corrected chi connectivity index (χ0v) is 15.5. The van der Waals surface area contributed by atoms with Crippen LogP contribution in [0.2, 0.25) is 0 Å². The maximum Gasteiger partial charge on any atom is 0.336 e. The van der Waals surface area contributed by atoms with E-state index in [0.29, 0.717) is 11.6 Å². The van der Waals surface area contributed by atoms with Crippen LogP contribution in [0, 0.1) is 0 Å². The van der Waals surface area contributed by atoms with E-state index in [-0.39, 0.29) is 5.63 Å². The molecule has 1 aromatic heterocycles. The number of fused-ring (bicyclic) bond motifs is 3. The minimum absolute atomic E-state index is 0.280. The molecule has 0 bridgehead atoms. The first-order valence-corrected chi connectivity index (χ1v) is 9.52. The third-order valence-electron chi connectivity index (χ3n) is 5.19. The Bertz CT molecular complexity index is 1120. The van der Waals surface area contributed by atoms with Crippen LogP contribution >= 0.6 is 0 Å². The molecule has 0 saturated heterocycles. The summed E-state index contributed by atoms with van der Waals surface area (Å²) in [6.45, 7) is 3.01. The molecule has 4 rings (SSSR count). The number of hydrogen-bond donors (Lipinski definition) is 1. The molecule has 3 aromatic carbocycles. The van der Waals surface area contributed by atoms with Gasteiger partial charge in [-0.2, -0.15) is 0 Å². The van der Waals surface area contributed by atoms with E-state index in [4.69, 9.17) is 4.42 Å². The minimum atomic E-state index is -0.280. The standard InChI is InChI=1S/C24H23NO2/c1-17(11-12-18-7-3-2-4-8-18)25-16-20-15-23(26)27-22-14-13-19-9-5-6-10-21(19)24(20)22/h2-10,13-15,17,25H,11-12,16H2,1H3/p+1/t17-/m0/s1. The first kappa shape index (κ1) is 17.5. The van der Waals surface area contributed by atoms with E-state index in [1.165, 1.54) is 5.56 Å². The Kier molecular flexibility index (Phi) is 5.03. The van der Waals surface area contributed by atoms with Crippen LogP contribution in [0.4, 0.5) is 0 Å². The number of rotatable bonds is 6. The molecule has 0 aliphatic heterocycles. The summed E-state index contributed by atoms with van der Waals surface area (Å²) in [6.07, 6.45) is 2.17. The second-order valence-electron chi connectivity index (χ2n) is 7.19. The van der Waals surface area contributed by atoms with Crippen LogP contribution in [0.25, 0.3) is 21.7 Å². The number of quaternary nitrogens is 1. The Hall–Kier alpha value is -2.91. The molecule has 0 saturated carbocycles. The highest BCUT2D eigenvalue weighted by atomic mass is 16.4. The lowest BCUT2D eigenvalue weighted by Crippen LogP contribution is -2.87. The molecule has 0 aliphatic carbocycles. The van der Waals surface area contributed by atoms with E-state index in [2.05, 4.69) is 54.7 Å². The fourth-order valence-electron chi connectivity index (χ4n) is 3.67.